The molecule has 1 aliphatic heterocycles. The molecule has 7 heteroatoms. The van der Waals surface area contributed by atoms with Gasteiger partial charge in [0.05, 0.1) is 17.1 Å². The molecule has 1 aliphatic rings. The van der Waals surface area contributed by atoms with Crippen LogP contribution in [0.1, 0.15) is 35.3 Å². The van der Waals surface area contributed by atoms with E-state index in [9.17, 15) is 4.79 Å². The summed E-state index contributed by atoms with van der Waals surface area (Å²) < 4.78 is 2.03. The number of thiazole rings is 1. The molecule has 1 amide bonds. The van der Waals surface area contributed by atoms with Gasteiger partial charge in [-0.05, 0) is 31.9 Å². The molecule has 124 valence electrons. The topological polar surface area (TPSA) is 63.4 Å². The lowest BCUT2D eigenvalue weighted by atomic mass is 9.97. The molecule has 0 saturated carbocycles. The second kappa shape index (κ2) is 6.32. The first-order valence-electron chi connectivity index (χ1n) is 8.19. The molecular weight excluding hydrogens is 322 g/mol. The van der Waals surface area contributed by atoms with Crippen molar-refractivity contribution in [3.05, 3.63) is 46.3 Å². The van der Waals surface area contributed by atoms with Crippen molar-refractivity contribution >= 4 is 22.9 Å². The zero-order valence-electron chi connectivity index (χ0n) is 13.6. The molecule has 0 bridgehead atoms. The Morgan fingerprint density at radius 2 is 2.29 bits per heavy atom. The highest BCUT2D eigenvalue weighted by molar-refractivity contribution is 7.09. The number of amides is 1. The van der Waals surface area contributed by atoms with Crippen LogP contribution < -0.4 is 0 Å². The Kier molecular flexibility index (Phi) is 4.02. The van der Waals surface area contributed by atoms with Gasteiger partial charge in [-0.1, -0.05) is 6.07 Å². The van der Waals surface area contributed by atoms with Gasteiger partial charge in [0.2, 0.25) is 5.91 Å². The fourth-order valence-electron chi connectivity index (χ4n) is 3.31. The van der Waals surface area contributed by atoms with Gasteiger partial charge in [0, 0.05) is 30.6 Å². The zero-order valence-corrected chi connectivity index (χ0v) is 14.4. The number of aromatic nitrogens is 4. The summed E-state index contributed by atoms with van der Waals surface area (Å²) in [6, 6.07) is 5.89. The standard InChI is InChI=1S/C17H19N5OS/c1-12-18-14(11-24-12)9-16(23)21-7-4-5-13(10-21)17-20-19-15-6-2-3-8-22(15)17/h2-3,6,8,11,13H,4-5,7,9-10H2,1H3. The predicted octanol–water partition coefficient (Wildman–Crippen LogP) is 2.44. The van der Waals surface area contributed by atoms with E-state index in [1.165, 1.54) is 0 Å². The van der Waals surface area contributed by atoms with Crippen LogP contribution in [0.15, 0.2) is 29.8 Å². The van der Waals surface area contributed by atoms with Crippen LogP contribution in [-0.2, 0) is 11.2 Å². The largest absolute Gasteiger partial charge is 0.342 e. The third-order valence-corrected chi connectivity index (χ3v) is 5.30. The number of carbonyl (C=O) groups excluding carboxylic acids is 1. The van der Waals surface area contributed by atoms with E-state index in [1.54, 1.807) is 11.3 Å². The number of hydrogen-bond donors (Lipinski definition) is 0. The summed E-state index contributed by atoms with van der Waals surface area (Å²) in [7, 11) is 0. The monoisotopic (exact) mass is 341 g/mol. The molecule has 0 radical (unpaired) electrons. The molecule has 3 aromatic heterocycles. The highest BCUT2D eigenvalue weighted by atomic mass is 32.1. The maximum atomic E-state index is 12.6. The van der Waals surface area contributed by atoms with Crippen molar-refractivity contribution in [3.63, 3.8) is 0 Å². The van der Waals surface area contributed by atoms with Crippen molar-refractivity contribution in [2.75, 3.05) is 13.1 Å². The molecule has 4 rings (SSSR count). The van der Waals surface area contributed by atoms with Crippen LogP contribution in [0.3, 0.4) is 0 Å². The van der Waals surface area contributed by atoms with E-state index in [4.69, 9.17) is 0 Å². The minimum Gasteiger partial charge on any atom is -0.342 e. The van der Waals surface area contributed by atoms with Gasteiger partial charge in [-0.15, -0.1) is 21.5 Å². The molecular formula is C17H19N5OS. The number of aryl methyl sites for hydroxylation is 1. The van der Waals surface area contributed by atoms with Gasteiger partial charge in [-0.2, -0.15) is 0 Å². The first kappa shape index (κ1) is 15.3. The van der Waals surface area contributed by atoms with Gasteiger partial charge in [0.15, 0.2) is 5.65 Å². The van der Waals surface area contributed by atoms with Crippen molar-refractivity contribution in [2.45, 2.75) is 32.1 Å². The maximum Gasteiger partial charge on any atom is 0.228 e. The highest BCUT2D eigenvalue weighted by Gasteiger charge is 2.28. The number of fused-ring (bicyclic) bond motifs is 1. The number of nitrogens with zero attached hydrogens (tertiary/aromatic N) is 5. The zero-order chi connectivity index (χ0) is 16.5. The summed E-state index contributed by atoms with van der Waals surface area (Å²) in [5, 5.41) is 11.6. The second-order valence-corrected chi connectivity index (χ2v) is 7.26. The molecule has 1 unspecified atom stereocenters. The van der Waals surface area contributed by atoms with Gasteiger partial charge >= 0.3 is 0 Å². The van der Waals surface area contributed by atoms with Crippen molar-refractivity contribution in [1.82, 2.24) is 24.5 Å². The molecule has 1 atom stereocenters. The molecule has 0 N–H and O–H groups in total. The van der Waals surface area contributed by atoms with E-state index in [2.05, 4.69) is 15.2 Å². The van der Waals surface area contributed by atoms with Crippen LogP contribution >= 0.6 is 11.3 Å². The summed E-state index contributed by atoms with van der Waals surface area (Å²) in [5.74, 6) is 1.34. The molecule has 4 heterocycles. The Bertz CT molecular complexity index is 871. The molecule has 3 aromatic rings. The van der Waals surface area contributed by atoms with Gasteiger partial charge in [0.25, 0.3) is 0 Å². The van der Waals surface area contributed by atoms with Gasteiger partial charge in [-0.3, -0.25) is 9.20 Å². The average molecular weight is 341 g/mol. The Labute approximate surface area is 144 Å². The van der Waals surface area contributed by atoms with Crippen LogP contribution in [0.5, 0.6) is 0 Å². The Balaban J connectivity index is 1.50. The minimum atomic E-state index is 0.152. The summed E-state index contributed by atoms with van der Waals surface area (Å²) in [5.41, 5.74) is 1.73. The van der Waals surface area contributed by atoms with Crippen molar-refractivity contribution < 1.29 is 4.79 Å². The quantitative estimate of drug-likeness (QED) is 0.734. The minimum absolute atomic E-state index is 0.152. The summed E-state index contributed by atoms with van der Waals surface area (Å²) >= 11 is 1.59. The Morgan fingerprint density at radius 3 is 3.12 bits per heavy atom. The molecule has 0 aliphatic carbocycles. The SMILES string of the molecule is Cc1nc(CC(=O)N2CCCC(c3nnc4ccccn34)C2)cs1. The fourth-order valence-corrected chi connectivity index (χ4v) is 3.92. The lowest BCUT2D eigenvalue weighted by molar-refractivity contribution is -0.131. The maximum absolute atomic E-state index is 12.6. The highest BCUT2D eigenvalue weighted by Crippen LogP contribution is 2.26. The number of piperidine rings is 1. The first-order chi connectivity index (χ1) is 11.7. The average Bonchev–Trinajstić information content (AvgIpc) is 3.21. The van der Waals surface area contributed by atoms with Crippen molar-refractivity contribution in [1.29, 1.82) is 0 Å². The Hall–Kier alpha value is -2.28. The second-order valence-electron chi connectivity index (χ2n) is 6.20. The predicted molar refractivity (Wildman–Crippen MR) is 92.1 cm³/mol. The summed E-state index contributed by atoms with van der Waals surface area (Å²) in [4.78, 5) is 19.0. The third kappa shape index (κ3) is 2.91. The molecule has 24 heavy (non-hydrogen) atoms. The first-order valence-corrected chi connectivity index (χ1v) is 9.07. The van der Waals surface area contributed by atoms with Crippen LogP contribution in [0.2, 0.25) is 0 Å². The van der Waals surface area contributed by atoms with Crippen LogP contribution in [-0.4, -0.2) is 43.5 Å². The van der Waals surface area contributed by atoms with Crippen molar-refractivity contribution in [2.24, 2.45) is 0 Å². The molecule has 1 saturated heterocycles. The van der Waals surface area contributed by atoms with Gasteiger partial charge in [0.1, 0.15) is 5.82 Å². The van der Waals surface area contributed by atoms with E-state index >= 15 is 0 Å². The van der Waals surface area contributed by atoms with Crippen LogP contribution in [0.25, 0.3) is 5.65 Å². The van der Waals surface area contributed by atoms with E-state index in [1.807, 2.05) is 46.0 Å². The molecule has 0 spiro atoms. The summed E-state index contributed by atoms with van der Waals surface area (Å²) in [6.07, 6.45) is 4.41. The fraction of sp³-hybridized carbons (Fsp3) is 0.412. The number of likely N-dealkylation sites (tertiary alicyclic amines) is 1. The molecule has 6 nitrogen and oxygen atoms in total. The number of pyridine rings is 1. The van der Waals surface area contributed by atoms with Crippen LogP contribution in [0.4, 0.5) is 0 Å². The third-order valence-electron chi connectivity index (χ3n) is 4.48. The van der Waals surface area contributed by atoms with Gasteiger partial charge < -0.3 is 4.90 Å². The number of carbonyl (C=O) groups is 1. The van der Waals surface area contributed by atoms with E-state index < -0.39 is 0 Å². The number of hydrogen-bond acceptors (Lipinski definition) is 5. The normalized spacial score (nSPS) is 18.2. The van der Waals surface area contributed by atoms with Crippen molar-refractivity contribution in [3.8, 4) is 0 Å². The number of rotatable bonds is 3. The lowest BCUT2D eigenvalue weighted by Gasteiger charge is -2.32. The Morgan fingerprint density at radius 1 is 1.38 bits per heavy atom. The molecule has 0 aromatic carbocycles. The smallest absolute Gasteiger partial charge is 0.228 e. The lowest BCUT2D eigenvalue weighted by Crippen LogP contribution is -2.40. The van der Waals surface area contributed by atoms with E-state index in [0.29, 0.717) is 13.0 Å². The van der Waals surface area contributed by atoms with E-state index in [0.717, 1.165) is 41.6 Å². The molecule has 1 fully saturated rings. The van der Waals surface area contributed by atoms with E-state index in [-0.39, 0.29) is 11.8 Å². The van der Waals surface area contributed by atoms with Gasteiger partial charge in [-0.25, -0.2) is 4.98 Å². The van der Waals surface area contributed by atoms with Crippen LogP contribution in [0, 0.1) is 6.92 Å². The summed E-state index contributed by atoms with van der Waals surface area (Å²) in [6.45, 7) is 3.48.